The van der Waals surface area contributed by atoms with Gasteiger partial charge in [0, 0.05) is 33.1 Å². The van der Waals surface area contributed by atoms with E-state index < -0.39 is 17.7 Å². The number of amides is 3. The number of fused-ring (bicyclic) bond motifs is 2. The lowest BCUT2D eigenvalue weighted by Crippen LogP contribution is -2.32. The van der Waals surface area contributed by atoms with E-state index in [1.807, 2.05) is 32.3 Å². The first-order valence-corrected chi connectivity index (χ1v) is 12.9. The van der Waals surface area contributed by atoms with E-state index in [0.29, 0.717) is 23.2 Å². The van der Waals surface area contributed by atoms with Gasteiger partial charge in [0.25, 0.3) is 17.4 Å². The fourth-order valence-corrected chi connectivity index (χ4v) is 4.87. The summed E-state index contributed by atoms with van der Waals surface area (Å²) >= 11 is 0. The molecule has 12 nitrogen and oxygen atoms in total. The second-order valence-corrected chi connectivity index (χ2v) is 10.1. The number of hydroxylamine groups is 2. The van der Waals surface area contributed by atoms with E-state index in [1.54, 1.807) is 19.1 Å². The number of aryl methyl sites for hydroxylation is 1. The van der Waals surface area contributed by atoms with Crippen LogP contribution in [0.3, 0.4) is 0 Å². The van der Waals surface area contributed by atoms with Gasteiger partial charge in [-0.15, -0.1) is 0 Å². The van der Waals surface area contributed by atoms with Gasteiger partial charge in [-0.25, -0.2) is 9.97 Å². The Balaban J connectivity index is 1.33. The van der Waals surface area contributed by atoms with Crippen LogP contribution in [0.2, 0.25) is 0 Å². The van der Waals surface area contributed by atoms with Gasteiger partial charge in [0.1, 0.15) is 5.69 Å². The molecule has 0 bridgehead atoms. The van der Waals surface area contributed by atoms with Crippen LogP contribution < -0.4 is 20.7 Å². The van der Waals surface area contributed by atoms with Crippen molar-refractivity contribution in [2.75, 3.05) is 30.6 Å². The number of imide groups is 1. The maximum Gasteiger partial charge on any atom is 0.284 e. The summed E-state index contributed by atoms with van der Waals surface area (Å²) in [5.41, 5.74) is 4.67. The minimum atomic E-state index is -0.833. The third-order valence-electron chi connectivity index (χ3n) is 7.05. The summed E-state index contributed by atoms with van der Waals surface area (Å²) < 4.78 is 1.40. The summed E-state index contributed by atoms with van der Waals surface area (Å²) in [5, 5.41) is 12.8. The highest BCUT2D eigenvalue weighted by molar-refractivity contribution is 6.03. The Kier molecular flexibility index (Phi) is 7.24. The highest BCUT2D eigenvalue weighted by Crippen LogP contribution is 2.34. The molecular formula is C29H29N7O5. The Morgan fingerprint density at radius 2 is 1.73 bits per heavy atom. The standard InChI is InChI=1S/C29H29N7O5/c1-17-9-20(5-7-21(17)29(40)36(41)18(2)37)14-35-15-32-24-13-30-23(11-22(24)28(35)39)27(38)31-12-19-6-8-25-26(10-19)34(4)16-33(25)3/h5-11,13,15,41H,12,14,16H2,1-4H3,(H,31,38). The van der Waals surface area contributed by atoms with E-state index >= 15 is 0 Å². The number of anilines is 2. The number of rotatable bonds is 6. The van der Waals surface area contributed by atoms with Crippen molar-refractivity contribution < 1.29 is 19.6 Å². The Morgan fingerprint density at radius 3 is 2.46 bits per heavy atom. The van der Waals surface area contributed by atoms with Crippen LogP contribution in [0, 0.1) is 6.92 Å². The van der Waals surface area contributed by atoms with E-state index in [4.69, 9.17) is 0 Å². The maximum atomic E-state index is 13.3. The van der Waals surface area contributed by atoms with Crippen LogP contribution in [-0.2, 0) is 17.9 Å². The van der Waals surface area contributed by atoms with Crippen molar-refractivity contribution in [2.24, 2.45) is 0 Å². The van der Waals surface area contributed by atoms with E-state index in [-0.39, 0.29) is 33.8 Å². The van der Waals surface area contributed by atoms with Gasteiger partial charge in [-0.3, -0.25) is 29.0 Å². The summed E-state index contributed by atoms with van der Waals surface area (Å²) in [5.74, 6) is -2.04. The highest BCUT2D eigenvalue weighted by atomic mass is 16.5. The van der Waals surface area contributed by atoms with Gasteiger partial charge in [-0.2, -0.15) is 5.06 Å². The van der Waals surface area contributed by atoms with E-state index in [9.17, 15) is 24.4 Å². The topological polar surface area (TPSA) is 141 Å². The molecule has 0 atom stereocenters. The largest absolute Gasteiger partial charge is 0.355 e. The molecule has 1 aliphatic rings. The lowest BCUT2D eigenvalue weighted by molar-refractivity contribution is -0.151. The zero-order chi connectivity index (χ0) is 29.4. The molecule has 0 saturated heterocycles. The van der Waals surface area contributed by atoms with Gasteiger partial charge in [0.2, 0.25) is 5.91 Å². The Hall–Kier alpha value is -5.10. The Bertz CT molecular complexity index is 1770. The predicted octanol–water partition coefficient (Wildman–Crippen LogP) is 2.30. The molecule has 5 rings (SSSR count). The molecule has 12 heteroatoms. The van der Waals surface area contributed by atoms with Crippen molar-refractivity contribution in [3.63, 3.8) is 0 Å². The number of benzene rings is 2. The number of carbonyl (C=O) groups is 3. The predicted molar refractivity (Wildman–Crippen MR) is 152 cm³/mol. The van der Waals surface area contributed by atoms with Crippen molar-refractivity contribution >= 4 is 40.0 Å². The molecule has 0 saturated carbocycles. The second kappa shape index (κ2) is 10.8. The van der Waals surface area contributed by atoms with Gasteiger partial charge in [-0.1, -0.05) is 18.2 Å². The smallest absolute Gasteiger partial charge is 0.284 e. The molecular weight excluding hydrogens is 526 g/mol. The summed E-state index contributed by atoms with van der Waals surface area (Å²) in [6.07, 6.45) is 2.80. The molecule has 0 aliphatic carbocycles. The maximum absolute atomic E-state index is 13.3. The third-order valence-corrected chi connectivity index (χ3v) is 7.05. The molecule has 0 spiro atoms. The number of carbonyl (C=O) groups excluding carboxylic acids is 3. The lowest BCUT2D eigenvalue weighted by Gasteiger charge is -2.14. The SMILES string of the molecule is CC(=O)N(O)C(=O)c1ccc(Cn2cnc3cnc(C(=O)NCc4ccc5c(c4)N(C)CN5C)cc3c2=O)cc1C. The molecule has 0 unspecified atom stereocenters. The van der Waals surface area contributed by atoms with Gasteiger partial charge in [0.05, 0.1) is 48.0 Å². The number of nitrogens with one attached hydrogen (secondary N) is 1. The Morgan fingerprint density at radius 1 is 1.00 bits per heavy atom. The van der Waals surface area contributed by atoms with Crippen LogP contribution in [-0.4, -0.2) is 63.3 Å². The van der Waals surface area contributed by atoms with E-state index in [0.717, 1.165) is 30.5 Å². The van der Waals surface area contributed by atoms with Crippen LogP contribution in [0.1, 0.15) is 44.5 Å². The van der Waals surface area contributed by atoms with Crippen LogP contribution in [0.25, 0.3) is 10.9 Å². The first-order valence-electron chi connectivity index (χ1n) is 12.9. The first kappa shape index (κ1) is 27.5. The molecule has 0 radical (unpaired) electrons. The quantitative estimate of drug-likeness (QED) is 0.271. The van der Waals surface area contributed by atoms with Crippen molar-refractivity contribution in [1.29, 1.82) is 0 Å². The molecule has 2 aromatic carbocycles. The fraction of sp³-hybridized carbons (Fsp3) is 0.241. The zero-order valence-corrected chi connectivity index (χ0v) is 23.1. The summed E-state index contributed by atoms with van der Waals surface area (Å²) in [6, 6.07) is 12.3. The molecule has 3 heterocycles. The highest BCUT2D eigenvalue weighted by Gasteiger charge is 2.21. The van der Waals surface area contributed by atoms with Crippen molar-refractivity contribution in [3.05, 3.63) is 93.3 Å². The average molecular weight is 556 g/mol. The molecule has 1 aliphatic heterocycles. The van der Waals surface area contributed by atoms with Gasteiger partial charge in [-0.05, 0) is 47.9 Å². The van der Waals surface area contributed by atoms with Gasteiger partial charge in [0.15, 0.2) is 0 Å². The zero-order valence-electron chi connectivity index (χ0n) is 23.1. The number of aromatic nitrogens is 3. The first-order chi connectivity index (χ1) is 19.5. The number of hydrogen-bond acceptors (Lipinski definition) is 9. The monoisotopic (exact) mass is 555 g/mol. The second-order valence-electron chi connectivity index (χ2n) is 10.1. The number of hydrogen-bond donors (Lipinski definition) is 2. The molecule has 0 fully saturated rings. The minimum Gasteiger partial charge on any atom is -0.355 e. The molecule has 41 heavy (non-hydrogen) atoms. The number of pyridine rings is 1. The number of nitrogens with zero attached hydrogens (tertiary/aromatic N) is 6. The third kappa shape index (κ3) is 5.37. The summed E-state index contributed by atoms with van der Waals surface area (Å²) in [4.78, 5) is 62.7. The van der Waals surface area contributed by atoms with Gasteiger partial charge >= 0.3 is 0 Å². The van der Waals surface area contributed by atoms with E-state index in [1.165, 1.54) is 29.2 Å². The van der Waals surface area contributed by atoms with Gasteiger partial charge < -0.3 is 15.1 Å². The minimum absolute atomic E-state index is 0.0601. The van der Waals surface area contributed by atoms with Crippen LogP contribution in [0.5, 0.6) is 0 Å². The molecule has 2 N–H and O–H groups in total. The summed E-state index contributed by atoms with van der Waals surface area (Å²) in [6.45, 7) is 4.00. The van der Waals surface area contributed by atoms with Crippen LogP contribution >= 0.6 is 0 Å². The average Bonchev–Trinajstić information content (AvgIpc) is 3.24. The van der Waals surface area contributed by atoms with Crippen molar-refractivity contribution in [3.8, 4) is 0 Å². The summed E-state index contributed by atoms with van der Waals surface area (Å²) in [7, 11) is 4.04. The van der Waals surface area contributed by atoms with Crippen LogP contribution in [0.4, 0.5) is 11.4 Å². The molecule has 3 amide bonds. The Labute approximate surface area is 235 Å². The van der Waals surface area contributed by atoms with Crippen LogP contribution in [0.15, 0.2) is 59.8 Å². The molecule has 4 aromatic rings. The molecule has 210 valence electrons. The van der Waals surface area contributed by atoms with Crippen molar-refractivity contribution in [2.45, 2.75) is 26.9 Å². The molecule has 2 aromatic heterocycles. The van der Waals surface area contributed by atoms with E-state index in [2.05, 4.69) is 25.1 Å². The van der Waals surface area contributed by atoms with Crippen molar-refractivity contribution in [1.82, 2.24) is 24.9 Å². The lowest BCUT2D eigenvalue weighted by atomic mass is 10.0. The normalized spacial score (nSPS) is 12.4. The fourth-order valence-electron chi connectivity index (χ4n) is 4.87.